The number of aryl methyl sites for hydroxylation is 1. The number of phenolic OH excluding ortho intramolecular Hbond substituents is 1. The molecule has 0 amide bonds. The van der Waals surface area contributed by atoms with E-state index in [0.29, 0.717) is 23.1 Å². The smallest absolute Gasteiger partial charge is 0.228 e. The Kier molecular flexibility index (Phi) is 4.29. The molecule has 1 aliphatic heterocycles. The molecule has 3 aromatic carbocycles. The molecule has 0 fully saturated rings. The van der Waals surface area contributed by atoms with Gasteiger partial charge in [0.2, 0.25) is 5.88 Å². The molecule has 0 saturated heterocycles. The number of nitrogens with zero attached hydrogens (tertiary/aromatic N) is 4. The normalized spacial score (nSPS) is 14.4. The third-order valence-electron chi connectivity index (χ3n) is 5.95. The van der Waals surface area contributed by atoms with Crippen LogP contribution in [-0.4, -0.2) is 31.8 Å². The van der Waals surface area contributed by atoms with E-state index in [1.807, 2.05) is 61.5 Å². The van der Waals surface area contributed by atoms with E-state index in [9.17, 15) is 5.11 Å². The highest BCUT2D eigenvalue weighted by Crippen LogP contribution is 2.48. The van der Waals surface area contributed by atoms with Gasteiger partial charge in [-0.3, -0.25) is 0 Å². The topological polar surface area (TPSA) is 81.8 Å². The van der Waals surface area contributed by atoms with Crippen molar-refractivity contribution >= 4 is 5.65 Å². The van der Waals surface area contributed by atoms with E-state index in [1.165, 1.54) is 5.56 Å². The minimum Gasteiger partial charge on any atom is -0.508 e. The Labute approximate surface area is 189 Å². The maximum Gasteiger partial charge on any atom is 0.228 e. The van der Waals surface area contributed by atoms with Gasteiger partial charge in [0.15, 0.2) is 11.5 Å². The van der Waals surface area contributed by atoms with Crippen LogP contribution < -0.4 is 9.47 Å². The summed E-state index contributed by atoms with van der Waals surface area (Å²) >= 11 is 0. The van der Waals surface area contributed by atoms with Gasteiger partial charge >= 0.3 is 0 Å². The number of hydrogen-bond acceptors (Lipinski definition) is 6. The van der Waals surface area contributed by atoms with Crippen molar-refractivity contribution in [3.63, 3.8) is 0 Å². The second-order valence-electron chi connectivity index (χ2n) is 8.06. The van der Waals surface area contributed by atoms with Crippen molar-refractivity contribution in [2.45, 2.75) is 12.8 Å². The fourth-order valence-electron chi connectivity index (χ4n) is 4.27. The van der Waals surface area contributed by atoms with Gasteiger partial charge in [0, 0.05) is 23.1 Å². The number of benzene rings is 3. The lowest BCUT2D eigenvalue weighted by Gasteiger charge is -2.28. The van der Waals surface area contributed by atoms with E-state index in [4.69, 9.17) is 14.5 Å². The molecular formula is C26H20N4O3. The predicted octanol–water partition coefficient (Wildman–Crippen LogP) is 5.10. The third kappa shape index (κ3) is 3.17. The Morgan fingerprint density at radius 3 is 2.55 bits per heavy atom. The number of ether oxygens (including phenoxy) is 2. The van der Waals surface area contributed by atoms with Crippen molar-refractivity contribution in [3.05, 3.63) is 95.3 Å². The van der Waals surface area contributed by atoms with Gasteiger partial charge in [-0.15, -0.1) is 5.10 Å². The molecule has 1 atom stereocenters. The molecule has 0 unspecified atom stereocenters. The van der Waals surface area contributed by atoms with Gasteiger partial charge in [0.05, 0.1) is 12.7 Å². The summed E-state index contributed by atoms with van der Waals surface area (Å²) in [6, 6.07) is 21.2. The van der Waals surface area contributed by atoms with Gasteiger partial charge in [-0.25, -0.2) is 14.5 Å². The first-order valence-electron chi connectivity index (χ1n) is 10.6. The van der Waals surface area contributed by atoms with Crippen LogP contribution in [0.25, 0.3) is 17.0 Å². The molecule has 0 spiro atoms. The van der Waals surface area contributed by atoms with Gasteiger partial charge in [-0.1, -0.05) is 48.0 Å². The van der Waals surface area contributed by atoms with E-state index in [-0.39, 0.29) is 11.7 Å². The van der Waals surface area contributed by atoms with E-state index < -0.39 is 0 Å². The first kappa shape index (κ1) is 19.3. The first-order valence-corrected chi connectivity index (χ1v) is 10.6. The molecule has 1 N–H and O–H groups in total. The molecular weight excluding hydrogens is 416 g/mol. The molecule has 1 aliphatic rings. The lowest BCUT2D eigenvalue weighted by molar-refractivity contribution is 0.414. The van der Waals surface area contributed by atoms with Crippen LogP contribution in [-0.2, 0) is 0 Å². The third-order valence-corrected chi connectivity index (χ3v) is 5.95. The summed E-state index contributed by atoms with van der Waals surface area (Å²) in [4.78, 5) is 9.42. The number of fused-ring (bicyclic) bond motifs is 4. The van der Waals surface area contributed by atoms with Gasteiger partial charge in [-0.05, 0) is 30.7 Å². The molecule has 0 aliphatic carbocycles. The summed E-state index contributed by atoms with van der Waals surface area (Å²) in [7, 11) is 1.65. The van der Waals surface area contributed by atoms with Crippen LogP contribution in [0.1, 0.15) is 28.2 Å². The van der Waals surface area contributed by atoms with Gasteiger partial charge < -0.3 is 14.6 Å². The number of methoxy groups -OCH3 is 1. The molecule has 0 saturated carbocycles. The van der Waals surface area contributed by atoms with Crippen molar-refractivity contribution in [2.24, 2.45) is 0 Å². The summed E-state index contributed by atoms with van der Waals surface area (Å²) in [5.41, 5.74) is 5.56. The maximum absolute atomic E-state index is 10.0. The SMILES string of the molecule is COc1ccc([C@@H]2c3ccc(O)cc3Oc3ncn4nc(-c5ccc(C)cc5)nc4c32)cc1. The van der Waals surface area contributed by atoms with E-state index >= 15 is 0 Å². The number of hydrogen-bond donors (Lipinski definition) is 1. The molecule has 162 valence electrons. The van der Waals surface area contributed by atoms with Crippen molar-refractivity contribution in [3.8, 4) is 34.5 Å². The number of phenols is 1. The average Bonchev–Trinajstić information content (AvgIpc) is 3.27. The van der Waals surface area contributed by atoms with E-state index in [1.54, 1.807) is 30.1 Å². The van der Waals surface area contributed by atoms with Crippen LogP contribution in [0, 0.1) is 6.92 Å². The molecule has 33 heavy (non-hydrogen) atoms. The summed E-state index contributed by atoms with van der Waals surface area (Å²) in [6.45, 7) is 2.05. The molecule has 6 rings (SSSR count). The largest absolute Gasteiger partial charge is 0.508 e. The van der Waals surface area contributed by atoms with E-state index in [2.05, 4.69) is 10.1 Å². The number of rotatable bonds is 3. The second kappa shape index (κ2) is 7.34. The van der Waals surface area contributed by atoms with Crippen LogP contribution in [0.5, 0.6) is 23.1 Å². The van der Waals surface area contributed by atoms with Gasteiger partial charge in [0.1, 0.15) is 23.6 Å². The van der Waals surface area contributed by atoms with Crippen LogP contribution in [0.3, 0.4) is 0 Å². The molecule has 0 radical (unpaired) electrons. The number of aromatic hydroxyl groups is 1. The fourth-order valence-corrected chi connectivity index (χ4v) is 4.27. The Morgan fingerprint density at radius 1 is 1.00 bits per heavy atom. The molecule has 3 heterocycles. The molecule has 0 bridgehead atoms. The summed E-state index contributed by atoms with van der Waals surface area (Å²) in [5, 5.41) is 14.7. The molecule has 7 heteroatoms. The highest BCUT2D eigenvalue weighted by Gasteiger charge is 2.33. The fraction of sp³-hybridized carbons (Fsp3) is 0.115. The van der Waals surface area contributed by atoms with Crippen LogP contribution in [0.4, 0.5) is 0 Å². The van der Waals surface area contributed by atoms with Crippen molar-refractivity contribution in [2.75, 3.05) is 7.11 Å². The minimum absolute atomic E-state index is 0.135. The summed E-state index contributed by atoms with van der Waals surface area (Å²) in [5.74, 6) is 2.34. The van der Waals surface area contributed by atoms with Crippen LogP contribution in [0.2, 0.25) is 0 Å². The zero-order valence-electron chi connectivity index (χ0n) is 18.1. The molecule has 5 aromatic rings. The average molecular weight is 436 g/mol. The Balaban J connectivity index is 1.58. The van der Waals surface area contributed by atoms with E-state index in [0.717, 1.165) is 28.0 Å². The van der Waals surface area contributed by atoms with Gasteiger partial charge in [0.25, 0.3) is 0 Å². The number of aromatic nitrogens is 4. The highest BCUT2D eigenvalue weighted by molar-refractivity contribution is 5.68. The summed E-state index contributed by atoms with van der Waals surface area (Å²) in [6.07, 6.45) is 1.61. The second-order valence-corrected chi connectivity index (χ2v) is 8.06. The zero-order chi connectivity index (χ0) is 22.5. The minimum atomic E-state index is -0.207. The van der Waals surface area contributed by atoms with Crippen molar-refractivity contribution < 1.29 is 14.6 Å². The standard InChI is InChI=1S/C26H20N4O3/c1-15-3-5-17(6-4-15)24-28-25-23-22(16-7-10-19(32-2)11-8-16)20-12-9-18(31)13-21(20)33-26(23)27-14-30(25)29-24/h3-14,22,31H,1-2H3/t22-/m1/s1. The monoisotopic (exact) mass is 436 g/mol. The molecule has 2 aromatic heterocycles. The first-order chi connectivity index (χ1) is 16.1. The zero-order valence-corrected chi connectivity index (χ0v) is 18.1. The lowest BCUT2D eigenvalue weighted by atomic mass is 9.84. The van der Waals surface area contributed by atoms with Crippen molar-refractivity contribution in [1.82, 2.24) is 19.6 Å². The van der Waals surface area contributed by atoms with Crippen molar-refractivity contribution in [1.29, 1.82) is 0 Å². The Bertz CT molecular complexity index is 1490. The van der Waals surface area contributed by atoms with Gasteiger partial charge in [-0.2, -0.15) is 0 Å². The van der Waals surface area contributed by atoms with Crippen LogP contribution >= 0.6 is 0 Å². The maximum atomic E-state index is 10.0. The Hall–Kier alpha value is -4.39. The highest BCUT2D eigenvalue weighted by atomic mass is 16.5. The predicted molar refractivity (Wildman–Crippen MR) is 123 cm³/mol. The quantitative estimate of drug-likeness (QED) is 0.416. The Morgan fingerprint density at radius 2 is 1.79 bits per heavy atom. The van der Waals surface area contributed by atoms with Crippen LogP contribution in [0.15, 0.2) is 73.1 Å². The lowest BCUT2D eigenvalue weighted by Crippen LogP contribution is -2.15. The summed E-state index contributed by atoms with van der Waals surface area (Å²) < 4.78 is 13.2. The molecule has 7 nitrogen and oxygen atoms in total.